The zero-order valence-electron chi connectivity index (χ0n) is 4.59. The highest BCUT2D eigenvalue weighted by Crippen LogP contribution is 2.06. The molecule has 1 fully saturated rings. The smallest absolute Gasteiger partial charge is 0.101 e. The predicted molar refractivity (Wildman–Crippen MR) is 33.6 cm³/mol. The zero-order chi connectivity index (χ0) is 5.98. The van der Waals surface area contributed by atoms with Gasteiger partial charge in [-0.3, -0.25) is 0 Å². The van der Waals surface area contributed by atoms with Gasteiger partial charge in [-0.2, -0.15) is 0 Å². The van der Waals surface area contributed by atoms with Crippen LogP contribution in [0.15, 0.2) is 0 Å². The van der Waals surface area contributed by atoms with Crippen LogP contribution in [0.25, 0.3) is 0 Å². The summed E-state index contributed by atoms with van der Waals surface area (Å²) in [6.45, 7) is 1.75. The maximum atomic E-state index is 10.4. The predicted octanol–water partition coefficient (Wildman–Crippen LogP) is 0.749. The average Bonchev–Trinajstić information content (AvgIpc) is 2.12. The summed E-state index contributed by atoms with van der Waals surface area (Å²) in [6.07, 6.45) is 2.25. The van der Waals surface area contributed by atoms with Crippen LogP contribution in [-0.4, -0.2) is 23.2 Å². The van der Waals surface area contributed by atoms with Gasteiger partial charge in [0.25, 0.3) is 0 Å². The van der Waals surface area contributed by atoms with E-state index < -0.39 is 0 Å². The Morgan fingerprint density at radius 2 is 1.88 bits per heavy atom. The monoisotopic (exact) mass is 130 g/mol. The van der Waals surface area contributed by atoms with E-state index >= 15 is 0 Å². The molecule has 1 aliphatic heterocycles. The fourth-order valence-corrected chi connectivity index (χ4v) is 1.08. The number of hydrogen-bond donors (Lipinski definition) is 0. The van der Waals surface area contributed by atoms with E-state index in [2.05, 4.69) is 12.6 Å². The van der Waals surface area contributed by atoms with Crippen molar-refractivity contribution in [2.45, 2.75) is 12.8 Å². The molecule has 0 radical (unpaired) electrons. The molecule has 1 saturated heterocycles. The molecule has 0 N–H and O–H groups in total. The molecule has 0 saturated carbocycles. The topological polar surface area (TPSA) is 20.3 Å². The molecule has 3 heteroatoms. The van der Waals surface area contributed by atoms with Crippen molar-refractivity contribution in [3.8, 4) is 0 Å². The number of carbonyl (C=O) groups excluding carboxylic acids is 1. The minimum absolute atomic E-state index is 0.192. The van der Waals surface area contributed by atoms with Gasteiger partial charge < -0.3 is 22.3 Å². The van der Waals surface area contributed by atoms with E-state index in [0.29, 0.717) is 0 Å². The second-order valence-corrected chi connectivity index (χ2v) is 2.31. The molecule has 8 heavy (non-hydrogen) atoms. The lowest BCUT2D eigenvalue weighted by Gasteiger charge is -2.18. The summed E-state index contributed by atoms with van der Waals surface area (Å²) >= 11 is 4.43. The summed E-state index contributed by atoms with van der Waals surface area (Å²) in [5.41, 5.74) is 0. The molecule has 0 aliphatic carbocycles. The summed E-state index contributed by atoms with van der Waals surface area (Å²) in [4.78, 5) is 12.1. The lowest BCUT2D eigenvalue weighted by molar-refractivity contribution is 0.234. The van der Waals surface area contributed by atoms with Gasteiger partial charge >= 0.3 is 0 Å². The van der Waals surface area contributed by atoms with Crippen LogP contribution in [0.4, 0.5) is 4.79 Å². The molecule has 0 unspecified atom stereocenters. The Balaban J connectivity index is 2.35. The van der Waals surface area contributed by atoms with Crippen molar-refractivity contribution in [2.75, 3.05) is 13.1 Å². The second-order valence-electron chi connectivity index (χ2n) is 1.96. The van der Waals surface area contributed by atoms with Crippen LogP contribution in [0.5, 0.6) is 0 Å². The minimum atomic E-state index is -0.192. The third-order valence-electron chi connectivity index (χ3n) is 1.36. The Morgan fingerprint density at radius 1 is 1.38 bits per heavy atom. The number of hydrogen-bond acceptors (Lipinski definition) is 2. The summed E-state index contributed by atoms with van der Waals surface area (Å²) in [5.74, 6) is 0. The number of nitrogens with zero attached hydrogens (tertiary/aromatic N) is 1. The molecular weight excluding hydrogens is 122 g/mol. The first-order chi connectivity index (χ1) is 3.80. The van der Waals surface area contributed by atoms with Gasteiger partial charge in [-0.05, 0) is 12.8 Å². The molecule has 0 aromatic heterocycles. The van der Waals surface area contributed by atoms with Crippen LogP contribution < -0.4 is 0 Å². The SMILES string of the molecule is O=C([S-])N1CCCC1. The maximum Gasteiger partial charge on any atom is 0.101 e. The highest BCUT2D eigenvalue weighted by Gasteiger charge is 2.08. The summed E-state index contributed by atoms with van der Waals surface area (Å²) in [5, 5.41) is -0.192. The van der Waals surface area contributed by atoms with Crippen LogP contribution in [0.1, 0.15) is 12.8 Å². The van der Waals surface area contributed by atoms with Crippen molar-refractivity contribution >= 4 is 17.9 Å². The van der Waals surface area contributed by atoms with Crippen LogP contribution in [0.2, 0.25) is 0 Å². The van der Waals surface area contributed by atoms with Gasteiger partial charge in [0.15, 0.2) is 0 Å². The van der Waals surface area contributed by atoms with Gasteiger partial charge in [-0.1, -0.05) is 0 Å². The Labute approximate surface area is 54.3 Å². The van der Waals surface area contributed by atoms with Crippen LogP contribution in [0.3, 0.4) is 0 Å². The van der Waals surface area contributed by atoms with Crippen molar-refractivity contribution in [3.63, 3.8) is 0 Å². The minimum Gasteiger partial charge on any atom is -0.719 e. The van der Waals surface area contributed by atoms with E-state index in [1.807, 2.05) is 0 Å². The number of rotatable bonds is 0. The van der Waals surface area contributed by atoms with Crippen molar-refractivity contribution < 1.29 is 4.79 Å². The van der Waals surface area contributed by atoms with Crippen molar-refractivity contribution in [3.05, 3.63) is 0 Å². The average molecular weight is 130 g/mol. The highest BCUT2D eigenvalue weighted by atomic mass is 32.1. The number of likely N-dealkylation sites (tertiary alicyclic amines) is 1. The fourth-order valence-electron chi connectivity index (χ4n) is 0.900. The summed E-state index contributed by atoms with van der Waals surface area (Å²) in [6, 6.07) is 0. The van der Waals surface area contributed by atoms with Crippen molar-refractivity contribution in [1.82, 2.24) is 4.90 Å². The van der Waals surface area contributed by atoms with E-state index in [0.717, 1.165) is 25.9 Å². The molecule has 0 spiro atoms. The summed E-state index contributed by atoms with van der Waals surface area (Å²) in [7, 11) is 0. The first-order valence-corrected chi connectivity index (χ1v) is 3.17. The summed E-state index contributed by atoms with van der Waals surface area (Å²) < 4.78 is 0. The largest absolute Gasteiger partial charge is 0.719 e. The Morgan fingerprint density at radius 3 is 2.12 bits per heavy atom. The highest BCUT2D eigenvalue weighted by molar-refractivity contribution is 7.76. The van der Waals surface area contributed by atoms with Crippen molar-refractivity contribution in [1.29, 1.82) is 0 Å². The van der Waals surface area contributed by atoms with Gasteiger partial charge in [0.05, 0.1) is 0 Å². The molecular formula is C5H8NOS-. The quantitative estimate of drug-likeness (QED) is 0.451. The first kappa shape index (κ1) is 5.82. The zero-order valence-corrected chi connectivity index (χ0v) is 5.41. The van der Waals surface area contributed by atoms with E-state index in [1.165, 1.54) is 0 Å². The standard InChI is InChI=1S/C5H9NOS/c7-5(8)6-3-1-2-4-6/h1-4H2,(H,7,8)/p-1. The molecule has 2 nitrogen and oxygen atoms in total. The molecule has 1 aliphatic rings. The van der Waals surface area contributed by atoms with Crippen LogP contribution in [-0.2, 0) is 12.6 Å². The molecule has 1 heterocycles. The van der Waals surface area contributed by atoms with Crippen LogP contribution in [0, 0.1) is 0 Å². The molecule has 1 amide bonds. The Kier molecular flexibility index (Phi) is 1.68. The Hall–Kier alpha value is -0.310. The molecule has 0 aromatic rings. The van der Waals surface area contributed by atoms with Gasteiger partial charge in [-0.15, -0.1) is 0 Å². The third kappa shape index (κ3) is 1.10. The second kappa shape index (κ2) is 2.31. The third-order valence-corrected chi connectivity index (χ3v) is 1.62. The van der Waals surface area contributed by atoms with Crippen molar-refractivity contribution in [2.24, 2.45) is 0 Å². The van der Waals surface area contributed by atoms with E-state index in [-0.39, 0.29) is 5.24 Å². The Bertz CT molecular complexity index is 98.6. The maximum absolute atomic E-state index is 10.4. The molecule has 46 valence electrons. The number of carbonyl (C=O) groups is 1. The molecule has 0 aromatic carbocycles. The van der Waals surface area contributed by atoms with E-state index in [1.54, 1.807) is 4.90 Å². The molecule has 0 bridgehead atoms. The van der Waals surface area contributed by atoms with Gasteiger partial charge in [0.2, 0.25) is 0 Å². The fraction of sp³-hybridized carbons (Fsp3) is 0.800. The normalized spacial score (nSPS) is 19.2. The lowest BCUT2D eigenvalue weighted by Crippen LogP contribution is -2.23. The van der Waals surface area contributed by atoms with E-state index in [9.17, 15) is 4.79 Å². The van der Waals surface area contributed by atoms with E-state index in [4.69, 9.17) is 0 Å². The van der Waals surface area contributed by atoms with Gasteiger partial charge in [-0.25, -0.2) is 0 Å². The van der Waals surface area contributed by atoms with Crippen LogP contribution >= 0.6 is 0 Å². The number of amides is 1. The molecule has 1 rings (SSSR count). The van der Waals surface area contributed by atoms with Gasteiger partial charge in [0.1, 0.15) is 5.24 Å². The first-order valence-electron chi connectivity index (χ1n) is 2.76. The lowest BCUT2D eigenvalue weighted by atomic mass is 10.4. The van der Waals surface area contributed by atoms with Gasteiger partial charge in [0, 0.05) is 13.1 Å². The molecule has 0 atom stereocenters.